The first-order chi connectivity index (χ1) is 9.34. The van der Waals surface area contributed by atoms with E-state index >= 15 is 0 Å². The Labute approximate surface area is 118 Å². The Morgan fingerprint density at radius 1 is 1.40 bits per heavy atom. The van der Waals surface area contributed by atoms with Crippen LogP contribution in [0.2, 0.25) is 0 Å². The molecule has 1 aromatic rings. The van der Waals surface area contributed by atoms with Gasteiger partial charge >= 0.3 is 5.97 Å². The number of hydrogen-bond acceptors (Lipinski definition) is 3. The Hall–Kier alpha value is -1.91. The van der Waals surface area contributed by atoms with E-state index in [1.807, 2.05) is 6.92 Å². The SMILES string of the molecule is CCCC(C)(NC(=O)c1ccc(F)c(C)c1)C(=O)OC. The number of esters is 1. The Kier molecular flexibility index (Phi) is 5.25. The third kappa shape index (κ3) is 3.56. The first kappa shape index (κ1) is 16.1. The minimum Gasteiger partial charge on any atom is -0.467 e. The lowest BCUT2D eigenvalue weighted by Crippen LogP contribution is -2.52. The van der Waals surface area contributed by atoms with Crippen molar-refractivity contribution < 1.29 is 18.7 Å². The van der Waals surface area contributed by atoms with Crippen molar-refractivity contribution in [3.63, 3.8) is 0 Å². The second-order valence-electron chi connectivity index (χ2n) is 4.99. The molecule has 1 amide bonds. The molecule has 5 heteroatoms. The van der Waals surface area contributed by atoms with Crippen LogP contribution in [-0.4, -0.2) is 24.5 Å². The van der Waals surface area contributed by atoms with E-state index in [2.05, 4.69) is 5.32 Å². The second kappa shape index (κ2) is 6.50. The molecule has 0 bridgehead atoms. The molecule has 4 nitrogen and oxygen atoms in total. The van der Waals surface area contributed by atoms with Crippen molar-refractivity contribution in [3.05, 3.63) is 35.1 Å². The molecule has 0 saturated carbocycles. The number of aryl methyl sites for hydroxylation is 1. The Morgan fingerprint density at radius 2 is 2.05 bits per heavy atom. The van der Waals surface area contributed by atoms with Gasteiger partial charge in [-0.2, -0.15) is 0 Å². The highest BCUT2D eigenvalue weighted by Crippen LogP contribution is 2.16. The first-order valence-corrected chi connectivity index (χ1v) is 6.51. The molecule has 1 N–H and O–H groups in total. The maximum atomic E-state index is 13.2. The molecule has 1 rings (SSSR count). The summed E-state index contributed by atoms with van der Waals surface area (Å²) in [6.45, 7) is 5.11. The van der Waals surface area contributed by atoms with E-state index in [9.17, 15) is 14.0 Å². The number of carbonyl (C=O) groups excluding carboxylic acids is 2. The molecule has 0 aromatic heterocycles. The molecule has 20 heavy (non-hydrogen) atoms. The molecule has 0 saturated heterocycles. The maximum Gasteiger partial charge on any atom is 0.331 e. The standard InChI is InChI=1S/C15H20FNO3/c1-5-8-15(3,14(19)20-4)17-13(18)11-6-7-12(16)10(2)9-11/h6-7,9H,5,8H2,1-4H3,(H,17,18). The van der Waals surface area contributed by atoms with Crippen molar-refractivity contribution in [1.29, 1.82) is 0 Å². The van der Waals surface area contributed by atoms with Crippen LogP contribution in [-0.2, 0) is 9.53 Å². The maximum absolute atomic E-state index is 13.2. The molecular weight excluding hydrogens is 261 g/mol. The average Bonchev–Trinajstić information content (AvgIpc) is 2.40. The minimum absolute atomic E-state index is 0.315. The number of carbonyl (C=O) groups is 2. The fourth-order valence-electron chi connectivity index (χ4n) is 2.05. The lowest BCUT2D eigenvalue weighted by Gasteiger charge is -2.27. The van der Waals surface area contributed by atoms with Crippen molar-refractivity contribution in [2.45, 2.75) is 39.2 Å². The quantitative estimate of drug-likeness (QED) is 0.844. The van der Waals surface area contributed by atoms with Crippen molar-refractivity contribution in [1.82, 2.24) is 5.32 Å². The summed E-state index contributed by atoms with van der Waals surface area (Å²) in [5.41, 5.74) is -0.383. The van der Waals surface area contributed by atoms with Crippen LogP contribution in [0.25, 0.3) is 0 Å². The van der Waals surface area contributed by atoms with E-state index in [1.165, 1.54) is 25.3 Å². The second-order valence-corrected chi connectivity index (χ2v) is 4.99. The third-order valence-electron chi connectivity index (χ3n) is 3.20. The molecule has 0 radical (unpaired) electrons. The zero-order chi connectivity index (χ0) is 15.3. The average molecular weight is 281 g/mol. The molecule has 1 aromatic carbocycles. The highest BCUT2D eigenvalue weighted by Gasteiger charge is 2.35. The normalized spacial score (nSPS) is 13.4. The molecule has 0 aliphatic heterocycles. The number of halogens is 1. The number of nitrogens with one attached hydrogen (secondary N) is 1. The van der Waals surface area contributed by atoms with Gasteiger partial charge in [0, 0.05) is 5.56 Å². The lowest BCUT2D eigenvalue weighted by molar-refractivity contribution is -0.147. The van der Waals surface area contributed by atoms with E-state index in [0.717, 1.165) is 0 Å². The van der Waals surface area contributed by atoms with Crippen molar-refractivity contribution in [3.8, 4) is 0 Å². The number of methoxy groups -OCH3 is 1. The Bertz CT molecular complexity index is 516. The fourth-order valence-corrected chi connectivity index (χ4v) is 2.05. The predicted octanol–water partition coefficient (Wildman–Crippen LogP) is 2.60. The van der Waals surface area contributed by atoms with Gasteiger partial charge in [-0.1, -0.05) is 13.3 Å². The van der Waals surface area contributed by atoms with Crippen LogP contribution in [0, 0.1) is 12.7 Å². The topological polar surface area (TPSA) is 55.4 Å². The minimum atomic E-state index is -1.08. The molecule has 0 spiro atoms. The Balaban J connectivity index is 2.96. The largest absolute Gasteiger partial charge is 0.467 e. The molecule has 1 unspecified atom stereocenters. The van der Waals surface area contributed by atoms with E-state index in [0.29, 0.717) is 24.0 Å². The van der Waals surface area contributed by atoms with Crippen LogP contribution in [0.15, 0.2) is 18.2 Å². The van der Waals surface area contributed by atoms with E-state index in [-0.39, 0.29) is 5.82 Å². The third-order valence-corrected chi connectivity index (χ3v) is 3.20. The summed E-state index contributed by atoms with van der Waals surface area (Å²) in [5.74, 6) is -1.29. The van der Waals surface area contributed by atoms with Gasteiger partial charge in [-0.3, -0.25) is 4.79 Å². The highest BCUT2D eigenvalue weighted by atomic mass is 19.1. The van der Waals surface area contributed by atoms with Crippen LogP contribution in [0.4, 0.5) is 4.39 Å². The van der Waals surface area contributed by atoms with Gasteiger partial charge in [0.25, 0.3) is 5.91 Å². The molecule has 110 valence electrons. The van der Waals surface area contributed by atoms with Crippen molar-refractivity contribution in [2.24, 2.45) is 0 Å². The van der Waals surface area contributed by atoms with Crippen LogP contribution in [0.3, 0.4) is 0 Å². The van der Waals surface area contributed by atoms with Crippen molar-refractivity contribution in [2.75, 3.05) is 7.11 Å². The van der Waals surface area contributed by atoms with Gasteiger partial charge < -0.3 is 10.1 Å². The summed E-state index contributed by atoms with van der Waals surface area (Å²) < 4.78 is 17.9. The van der Waals surface area contributed by atoms with Crippen LogP contribution in [0.1, 0.15) is 42.6 Å². The van der Waals surface area contributed by atoms with Gasteiger partial charge in [0.05, 0.1) is 7.11 Å². The summed E-state index contributed by atoms with van der Waals surface area (Å²) >= 11 is 0. The smallest absolute Gasteiger partial charge is 0.331 e. The molecule has 0 heterocycles. The van der Waals surface area contributed by atoms with Crippen LogP contribution >= 0.6 is 0 Å². The van der Waals surface area contributed by atoms with Gasteiger partial charge in [-0.05, 0) is 44.0 Å². The van der Waals surface area contributed by atoms with Crippen molar-refractivity contribution >= 4 is 11.9 Å². The molecular formula is C15H20FNO3. The number of rotatable bonds is 5. The van der Waals surface area contributed by atoms with E-state index in [4.69, 9.17) is 4.74 Å². The lowest BCUT2D eigenvalue weighted by atomic mass is 9.95. The molecule has 0 aliphatic carbocycles. The summed E-state index contributed by atoms with van der Waals surface area (Å²) in [4.78, 5) is 24.0. The number of benzene rings is 1. The zero-order valence-corrected chi connectivity index (χ0v) is 12.2. The monoisotopic (exact) mass is 281 g/mol. The Morgan fingerprint density at radius 3 is 2.55 bits per heavy atom. The first-order valence-electron chi connectivity index (χ1n) is 6.51. The molecule has 1 atom stereocenters. The van der Waals surface area contributed by atoms with Crippen LogP contribution < -0.4 is 5.32 Å². The van der Waals surface area contributed by atoms with E-state index in [1.54, 1.807) is 13.8 Å². The van der Waals surface area contributed by atoms with Crippen LogP contribution in [0.5, 0.6) is 0 Å². The summed E-state index contributed by atoms with van der Waals surface area (Å²) in [7, 11) is 1.28. The van der Waals surface area contributed by atoms with E-state index < -0.39 is 17.4 Å². The van der Waals surface area contributed by atoms with Gasteiger partial charge in [-0.15, -0.1) is 0 Å². The van der Waals surface area contributed by atoms with Gasteiger partial charge in [-0.25, -0.2) is 9.18 Å². The zero-order valence-electron chi connectivity index (χ0n) is 12.2. The fraction of sp³-hybridized carbons (Fsp3) is 0.467. The number of ether oxygens (including phenoxy) is 1. The van der Waals surface area contributed by atoms with Gasteiger partial charge in [0.2, 0.25) is 0 Å². The summed E-state index contributed by atoms with van der Waals surface area (Å²) in [6, 6.07) is 4.08. The molecule has 0 aliphatic rings. The van der Waals surface area contributed by atoms with Gasteiger partial charge in [0.15, 0.2) is 0 Å². The summed E-state index contributed by atoms with van der Waals surface area (Å²) in [6.07, 6.45) is 1.18. The highest BCUT2D eigenvalue weighted by molar-refractivity contribution is 5.98. The number of hydrogen-bond donors (Lipinski definition) is 1. The molecule has 0 fully saturated rings. The van der Waals surface area contributed by atoms with Gasteiger partial charge in [0.1, 0.15) is 11.4 Å². The predicted molar refractivity (Wildman–Crippen MR) is 73.9 cm³/mol. The number of amides is 1. The summed E-state index contributed by atoms with van der Waals surface area (Å²) in [5, 5.41) is 2.67.